The SMILES string of the molecule is Cn1c(Cl)nc2c(Br)cc(C(F)(F)F)cc21. The molecule has 1 heterocycles. The second-order valence-corrected chi connectivity index (χ2v) is 4.46. The van der Waals surface area contributed by atoms with Gasteiger partial charge in [-0.25, -0.2) is 4.98 Å². The molecule has 2 nitrogen and oxygen atoms in total. The summed E-state index contributed by atoms with van der Waals surface area (Å²) in [5.41, 5.74) is 0.0266. The molecule has 0 saturated heterocycles. The third-order valence-corrected chi connectivity index (χ3v) is 3.16. The Balaban J connectivity index is 2.80. The number of fused-ring (bicyclic) bond motifs is 1. The molecule has 0 saturated carbocycles. The summed E-state index contributed by atoms with van der Waals surface area (Å²) in [7, 11) is 1.56. The van der Waals surface area contributed by atoms with Crippen molar-refractivity contribution in [3.05, 3.63) is 27.5 Å². The number of imidazole rings is 1. The van der Waals surface area contributed by atoms with Crippen LogP contribution in [0.4, 0.5) is 13.2 Å². The summed E-state index contributed by atoms with van der Waals surface area (Å²) in [5.74, 6) is 0. The first kappa shape index (κ1) is 11.7. The van der Waals surface area contributed by atoms with E-state index in [0.29, 0.717) is 11.0 Å². The van der Waals surface area contributed by atoms with E-state index in [-0.39, 0.29) is 9.76 Å². The Hall–Kier alpha value is -0.750. The fraction of sp³-hybridized carbons (Fsp3) is 0.222. The third-order valence-electron chi connectivity index (χ3n) is 2.21. The molecule has 16 heavy (non-hydrogen) atoms. The highest BCUT2D eigenvalue weighted by Crippen LogP contribution is 2.35. The Morgan fingerprint density at radius 1 is 1.38 bits per heavy atom. The summed E-state index contributed by atoms with van der Waals surface area (Å²) in [6, 6.07) is 2.02. The zero-order chi connectivity index (χ0) is 12.1. The standard InChI is InChI=1S/C9H5BrClF3N2/c1-16-6-3-4(9(12,13)14)2-5(10)7(6)15-8(16)11/h2-3H,1H3. The predicted molar refractivity (Wildman–Crippen MR) is 58.4 cm³/mol. The summed E-state index contributed by atoms with van der Waals surface area (Å²) in [6.07, 6.45) is -4.38. The maximum absolute atomic E-state index is 12.6. The normalized spacial score (nSPS) is 12.4. The number of rotatable bonds is 0. The minimum absolute atomic E-state index is 0.148. The highest BCUT2D eigenvalue weighted by molar-refractivity contribution is 9.10. The van der Waals surface area contributed by atoms with E-state index in [0.717, 1.165) is 12.1 Å². The molecule has 2 rings (SSSR count). The van der Waals surface area contributed by atoms with E-state index in [1.165, 1.54) is 4.57 Å². The fourth-order valence-electron chi connectivity index (χ4n) is 1.38. The van der Waals surface area contributed by atoms with Crippen molar-refractivity contribution in [3.8, 4) is 0 Å². The van der Waals surface area contributed by atoms with E-state index in [2.05, 4.69) is 20.9 Å². The van der Waals surface area contributed by atoms with Crippen LogP contribution in [0.5, 0.6) is 0 Å². The lowest BCUT2D eigenvalue weighted by Gasteiger charge is -2.07. The van der Waals surface area contributed by atoms with Crippen molar-refractivity contribution in [3.63, 3.8) is 0 Å². The summed E-state index contributed by atoms with van der Waals surface area (Å²) in [5, 5.41) is 0.148. The molecule has 0 unspecified atom stereocenters. The Bertz CT molecular complexity index is 562. The molecular formula is C9H5BrClF3N2. The van der Waals surface area contributed by atoms with E-state index >= 15 is 0 Å². The predicted octanol–water partition coefficient (Wildman–Crippen LogP) is 4.01. The van der Waals surface area contributed by atoms with Gasteiger partial charge in [-0.2, -0.15) is 13.2 Å². The second-order valence-electron chi connectivity index (χ2n) is 3.26. The lowest BCUT2D eigenvalue weighted by molar-refractivity contribution is -0.137. The van der Waals surface area contributed by atoms with E-state index in [4.69, 9.17) is 11.6 Å². The molecular weight excluding hydrogens is 308 g/mol. The molecule has 0 bridgehead atoms. The van der Waals surface area contributed by atoms with Crippen molar-refractivity contribution >= 4 is 38.6 Å². The Kier molecular flexibility index (Phi) is 2.66. The molecule has 1 aromatic heterocycles. The smallest absolute Gasteiger partial charge is 0.318 e. The van der Waals surface area contributed by atoms with Crippen molar-refractivity contribution in [2.45, 2.75) is 6.18 Å². The third kappa shape index (κ3) is 1.80. The molecule has 0 N–H and O–H groups in total. The number of hydrogen-bond donors (Lipinski definition) is 0. The van der Waals surface area contributed by atoms with E-state index < -0.39 is 11.7 Å². The van der Waals surface area contributed by atoms with Crippen LogP contribution in [0.2, 0.25) is 5.28 Å². The van der Waals surface area contributed by atoms with Crippen LogP contribution in [0.3, 0.4) is 0 Å². The average Bonchev–Trinajstić information content (AvgIpc) is 2.44. The van der Waals surface area contributed by atoms with E-state index in [9.17, 15) is 13.2 Å². The number of nitrogens with zero attached hydrogens (tertiary/aromatic N) is 2. The summed E-state index contributed by atoms with van der Waals surface area (Å²) in [4.78, 5) is 3.95. The molecule has 0 amide bonds. The van der Waals surface area contributed by atoms with Gasteiger partial charge in [-0.05, 0) is 39.7 Å². The van der Waals surface area contributed by atoms with Crippen molar-refractivity contribution in [2.24, 2.45) is 7.05 Å². The highest BCUT2D eigenvalue weighted by atomic mass is 79.9. The van der Waals surface area contributed by atoms with Crippen LogP contribution in [-0.4, -0.2) is 9.55 Å². The lowest BCUT2D eigenvalue weighted by atomic mass is 10.2. The van der Waals surface area contributed by atoms with Gasteiger partial charge in [-0.15, -0.1) is 0 Å². The van der Waals surface area contributed by atoms with Gasteiger partial charge in [0.1, 0.15) is 5.52 Å². The molecule has 2 aromatic rings. The number of halogens is 5. The first-order valence-corrected chi connectivity index (χ1v) is 5.36. The molecule has 7 heteroatoms. The molecule has 0 aliphatic rings. The summed E-state index contributed by atoms with van der Waals surface area (Å²) < 4.78 is 39.3. The molecule has 0 radical (unpaired) electrons. The number of aryl methyl sites for hydroxylation is 1. The van der Waals surface area contributed by atoms with Gasteiger partial charge < -0.3 is 4.57 Å². The van der Waals surface area contributed by atoms with Gasteiger partial charge in [-0.1, -0.05) is 0 Å². The molecule has 0 aliphatic heterocycles. The largest absolute Gasteiger partial charge is 0.416 e. The number of hydrogen-bond acceptors (Lipinski definition) is 1. The van der Waals surface area contributed by atoms with Gasteiger partial charge >= 0.3 is 6.18 Å². The number of benzene rings is 1. The molecule has 0 aliphatic carbocycles. The van der Waals surface area contributed by atoms with Gasteiger partial charge in [0.15, 0.2) is 0 Å². The summed E-state index contributed by atoms with van der Waals surface area (Å²) >= 11 is 8.79. The Labute approximate surface area is 102 Å². The summed E-state index contributed by atoms with van der Waals surface area (Å²) in [6.45, 7) is 0. The zero-order valence-electron chi connectivity index (χ0n) is 7.94. The van der Waals surface area contributed by atoms with Crippen LogP contribution < -0.4 is 0 Å². The monoisotopic (exact) mass is 312 g/mol. The van der Waals surface area contributed by atoms with Gasteiger partial charge in [0.2, 0.25) is 5.28 Å². The average molecular weight is 314 g/mol. The molecule has 86 valence electrons. The second kappa shape index (κ2) is 3.63. The van der Waals surface area contributed by atoms with Crippen LogP contribution in [0.1, 0.15) is 5.56 Å². The highest BCUT2D eigenvalue weighted by Gasteiger charge is 2.31. The minimum atomic E-state index is -4.38. The van der Waals surface area contributed by atoms with Crippen LogP contribution in [0.15, 0.2) is 16.6 Å². The fourth-order valence-corrected chi connectivity index (χ4v) is 2.10. The molecule has 0 fully saturated rings. The molecule has 0 atom stereocenters. The molecule has 1 aromatic carbocycles. The van der Waals surface area contributed by atoms with Crippen molar-refractivity contribution in [2.75, 3.05) is 0 Å². The lowest BCUT2D eigenvalue weighted by Crippen LogP contribution is -2.05. The minimum Gasteiger partial charge on any atom is -0.318 e. The topological polar surface area (TPSA) is 17.8 Å². The van der Waals surface area contributed by atoms with Crippen LogP contribution >= 0.6 is 27.5 Å². The van der Waals surface area contributed by atoms with Gasteiger partial charge in [-0.3, -0.25) is 0 Å². The number of aromatic nitrogens is 2. The zero-order valence-corrected chi connectivity index (χ0v) is 10.3. The van der Waals surface area contributed by atoms with E-state index in [1.54, 1.807) is 7.05 Å². The maximum Gasteiger partial charge on any atom is 0.416 e. The Morgan fingerprint density at radius 3 is 2.56 bits per heavy atom. The van der Waals surface area contributed by atoms with Gasteiger partial charge in [0.05, 0.1) is 11.1 Å². The van der Waals surface area contributed by atoms with Crippen LogP contribution in [0.25, 0.3) is 11.0 Å². The first-order valence-electron chi connectivity index (χ1n) is 4.19. The number of alkyl halides is 3. The van der Waals surface area contributed by atoms with Crippen molar-refractivity contribution < 1.29 is 13.2 Å². The first-order chi connectivity index (χ1) is 7.30. The quantitative estimate of drug-likeness (QED) is 0.718. The Morgan fingerprint density at radius 2 is 2.00 bits per heavy atom. The van der Waals surface area contributed by atoms with Crippen molar-refractivity contribution in [1.82, 2.24) is 9.55 Å². The van der Waals surface area contributed by atoms with Gasteiger partial charge in [0.25, 0.3) is 0 Å². The van der Waals surface area contributed by atoms with Gasteiger partial charge in [0, 0.05) is 11.5 Å². The molecule has 0 spiro atoms. The van der Waals surface area contributed by atoms with Crippen molar-refractivity contribution in [1.29, 1.82) is 0 Å². The van der Waals surface area contributed by atoms with Crippen LogP contribution in [0, 0.1) is 0 Å². The van der Waals surface area contributed by atoms with Crippen LogP contribution in [-0.2, 0) is 13.2 Å². The maximum atomic E-state index is 12.6. The van der Waals surface area contributed by atoms with E-state index in [1.807, 2.05) is 0 Å².